The Hall–Kier alpha value is -1.84. The highest BCUT2D eigenvalue weighted by Crippen LogP contribution is 2.22. The van der Waals surface area contributed by atoms with Crippen molar-refractivity contribution in [3.05, 3.63) is 29.8 Å². The van der Waals surface area contributed by atoms with E-state index in [1.165, 1.54) is 0 Å². The Bertz CT molecular complexity index is 443. The van der Waals surface area contributed by atoms with Crippen LogP contribution in [0.2, 0.25) is 0 Å². The zero-order chi connectivity index (χ0) is 14.3. The number of carboxylic acid groups (broad SMARTS) is 1. The van der Waals surface area contributed by atoms with Crippen LogP contribution < -0.4 is 4.90 Å². The van der Waals surface area contributed by atoms with Gasteiger partial charge in [-0.15, -0.1) is 0 Å². The topological polar surface area (TPSA) is 57.6 Å². The van der Waals surface area contributed by atoms with Crippen LogP contribution in [0.1, 0.15) is 38.7 Å². The van der Waals surface area contributed by atoms with Gasteiger partial charge in [0.25, 0.3) is 0 Å². The monoisotopic (exact) mass is 263 g/mol. The van der Waals surface area contributed by atoms with Crippen molar-refractivity contribution in [1.82, 2.24) is 0 Å². The van der Waals surface area contributed by atoms with Gasteiger partial charge in [-0.3, -0.25) is 9.59 Å². The van der Waals surface area contributed by atoms with Crippen molar-refractivity contribution in [2.45, 2.75) is 39.5 Å². The van der Waals surface area contributed by atoms with Crippen molar-refractivity contribution in [2.75, 3.05) is 11.4 Å². The van der Waals surface area contributed by atoms with Crippen molar-refractivity contribution in [2.24, 2.45) is 0 Å². The number of para-hydroxylation sites is 1. The van der Waals surface area contributed by atoms with E-state index in [-0.39, 0.29) is 18.9 Å². The number of hydrogen-bond acceptors (Lipinski definition) is 2. The molecule has 0 radical (unpaired) electrons. The first-order valence-corrected chi connectivity index (χ1v) is 6.70. The third kappa shape index (κ3) is 4.39. The number of benzene rings is 1. The van der Waals surface area contributed by atoms with Crippen molar-refractivity contribution >= 4 is 17.6 Å². The summed E-state index contributed by atoms with van der Waals surface area (Å²) in [6.45, 7) is 4.20. The van der Waals surface area contributed by atoms with Gasteiger partial charge in [0.2, 0.25) is 5.91 Å². The van der Waals surface area contributed by atoms with E-state index in [2.05, 4.69) is 0 Å². The fourth-order valence-electron chi connectivity index (χ4n) is 2.01. The van der Waals surface area contributed by atoms with E-state index in [0.717, 1.165) is 24.1 Å². The molecule has 4 nitrogen and oxygen atoms in total. The quantitative estimate of drug-likeness (QED) is 0.823. The fraction of sp³-hybridized carbons (Fsp3) is 0.467. The molecule has 0 aliphatic carbocycles. The van der Waals surface area contributed by atoms with Crippen molar-refractivity contribution in [3.8, 4) is 0 Å². The Kier molecular flexibility index (Phi) is 6.06. The fourth-order valence-corrected chi connectivity index (χ4v) is 2.01. The molecule has 4 heteroatoms. The van der Waals surface area contributed by atoms with Crippen LogP contribution in [-0.4, -0.2) is 23.5 Å². The van der Waals surface area contributed by atoms with E-state index in [9.17, 15) is 9.59 Å². The van der Waals surface area contributed by atoms with Gasteiger partial charge in [-0.05, 0) is 24.5 Å². The van der Waals surface area contributed by atoms with Crippen LogP contribution in [0.4, 0.5) is 5.69 Å². The van der Waals surface area contributed by atoms with Crippen LogP contribution >= 0.6 is 0 Å². The zero-order valence-electron chi connectivity index (χ0n) is 11.6. The number of amides is 1. The number of anilines is 1. The van der Waals surface area contributed by atoms with Gasteiger partial charge in [-0.1, -0.05) is 32.0 Å². The van der Waals surface area contributed by atoms with Crippen LogP contribution in [0.3, 0.4) is 0 Å². The molecule has 1 rings (SSSR count). The Morgan fingerprint density at radius 2 is 1.84 bits per heavy atom. The molecule has 0 saturated heterocycles. The lowest BCUT2D eigenvalue weighted by molar-refractivity contribution is -0.136. The van der Waals surface area contributed by atoms with Gasteiger partial charge >= 0.3 is 5.97 Å². The summed E-state index contributed by atoms with van der Waals surface area (Å²) in [5, 5.41) is 8.81. The average molecular weight is 263 g/mol. The Morgan fingerprint density at radius 3 is 2.42 bits per heavy atom. The first-order valence-electron chi connectivity index (χ1n) is 6.70. The molecule has 0 saturated carbocycles. The highest BCUT2D eigenvalue weighted by atomic mass is 16.4. The van der Waals surface area contributed by atoms with Gasteiger partial charge < -0.3 is 10.0 Å². The minimum Gasteiger partial charge on any atom is -0.481 e. The minimum absolute atomic E-state index is 0.00958. The zero-order valence-corrected chi connectivity index (χ0v) is 11.6. The van der Waals surface area contributed by atoms with Gasteiger partial charge in [0.15, 0.2) is 0 Å². The molecule has 1 aromatic carbocycles. The number of rotatable bonds is 7. The SMILES string of the molecule is CCCC(=O)N(CCC(=O)O)c1ccccc1CC. The number of nitrogens with zero attached hydrogens (tertiary/aromatic N) is 1. The second-order valence-corrected chi connectivity index (χ2v) is 4.42. The molecule has 0 unspecified atom stereocenters. The molecule has 1 aromatic rings. The van der Waals surface area contributed by atoms with Gasteiger partial charge in [-0.25, -0.2) is 0 Å². The van der Waals surface area contributed by atoms with Crippen molar-refractivity contribution in [1.29, 1.82) is 0 Å². The third-order valence-electron chi connectivity index (χ3n) is 2.98. The molecule has 1 N–H and O–H groups in total. The van der Waals surface area contributed by atoms with Gasteiger partial charge in [0.05, 0.1) is 6.42 Å². The standard InChI is InChI=1S/C15H21NO3/c1-3-7-14(17)16(11-10-15(18)19)13-9-6-5-8-12(13)4-2/h5-6,8-9H,3-4,7,10-11H2,1-2H3,(H,18,19). The molecule has 0 fully saturated rings. The van der Waals surface area contributed by atoms with E-state index in [1.54, 1.807) is 4.90 Å². The molecule has 0 aliphatic rings. The van der Waals surface area contributed by atoms with Gasteiger partial charge in [-0.2, -0.15) is 0 Å². The Labute approximate surface area is 114 Å². The van der Waals surface area contributed by atoms with Gasteiger partial charge in [0.1, 0.15) is 0 Å². The molecule has 0 heterocycles. The van der Waals surface area contributed by atoms with E-state index in [0.29, 0.717) is 6.42 Å². The van der Waals surface area contributed by atoms with E-state index < -0.39 is 5.97 Å². The first kappa shape index (κ1) is 15.2. The number of carbonyl (C=O) groups is 2. The normalized spacial score (nSPS) is 10.2. The van der Waals surface area contributed by atoms with Crippen molar-refractivity contribution in [3.63, 3.8) is 0 Å². The smallest absolute Gasteiger partial charge is 0.305 e. The summed E-state index contributed by atoms with van der Waals surface area (Å²) in [7, 11) is 0. The first-order chi connectivity index (χ1) is 9.10. The predicted molar refractivity (Wildman–Crippen MR) is 75.3 cm³/mol. The molecule has 0 atom stereocenters. The van der Waals surface area contributed by atoms with Crippen LogP contribution in [0, 0.1) is 0 Å². The summed E-state index contributed by atoms with van der Waals surface area (Å²) in [6, 6.07) is 7.67. The second kappa shape index (κ2) is 7.56. The van der Waals surface area contributed by atoms with E-state index in [1.807, 2.05) is 38.1 Å². The summed E-state index contributed by atoms with van der Waals surface area (Å²) in [5.41, 5.74) is 1.90. The van der Waals surface area contributed by atoms with Crippen molar-refractivity contribution < 1.29 is 14.7 Å². The predicted octanol–water partition coefficient (Wildman–Crippen LogP) is 2.86. The molecule has 0 aromatic heterocycles. The average Bonchev–Trinajstić information content (AvgIpc) is 2.39. The summed E-state index contributed by atoms with van der Waals surface area (Å²) in [6.07, 6.45) is 1.99. The van der Waals surface area contributed by atoms with Gasteiger partial charge in [0, 0.05) is 18.7 Å². The number of carboxylic acids is 1. The highest BCUT2D eigenvalue weighted by molar-refractivity contribution is 5.94. The molecule has 104 valence electrons. The summed E-state index contributed by atoms with van der Waals surface area (Å²) >= 11 is 0. The summed E-state index contributed by atoms with van der Waals surface area (Å²) in [4.78, 5) is 24.5. The molecular weight excluding hydrogens is 242 g/mol. The van der Waals surface area contributed by atoms with Crippen LogP contribution in [0.25, 0.3) is 0 Å². The van der Waals surface area contributed by atoms with Crippen LogP contribution in [-0.2, 0) is 16.0 Å². The van der Waals surface area contributed by atoms with Crippen LogP contribution in [0.15, 0.2) is 24.3 Å². The second-order valence-electron chi connectivity index (χ2n) is 4.42. The lowest BCUT2D eigenvalue weighted by Crippen LogP contribution is -2.33. The number of aryl methyl sites for hydroxylation is 1. The molecular formula is C15H21NO3. The van der Waals surface area contributed by atoms with E-state index >= 15 is 0 Å². The molecule has 1 amide bonds. The minimum atomic E-state index is -0.886. The Morgan fingerprint density at radius 1 is 1.16 bits per heavy atom. The maximum atomic E-state index is 12.2. The van der Waals surface area contributed by atoms with E-state index in [4.69, 9.17) is 5.11 Å². The number of hydrogen-bond donors (Lipinski definition) is 1. The lowest BCUT2D eigenvalue weighted by Gasteiger charge is -2.24. The van der Waals surface area contributed by atoms with Crippen LogP contribution in [0.5, 0.6) is 0 Å². The maximum absolute atomic E-state index is 12.2. The highest BCUT2D eigenvalue weighted by Gasteiger charge is 2.18. The molecule has 19 heavy (non-hydrogen) atoms. The summed E-state index contributed by atoms with van der Waals surface area (Å²) < 4.78 is 0. The molecule has 0 aliphatic heterocycles. The summed E-state index contributed by atoms with van der Waals surface area (Å²) in [5.74, 6) is -0.895. The number of carbonyl (C=O) groups excluding carboxylic acids is 1. The largest absolute Gasteiger partial charge is 0.481 e. The Balaban J connectivity index is 3.00. The molecule has 0 spiro atoms. The molecule has 0 bridgehead atoms. The lowest BCUT2D eigenvalue weighted by atomic mass is 10.1. The maximum Gasteiger partial charge on any atom is 0.305 e. The third-order valence-corrected chi connectivity index (χ3v) is 2.98. The number of aliphatic carboxylic acids is 1.